The summed E-state index contributed by atoms with van der Waals surface area (Å²) in [6.45, 7) is 9.14. The summed E-state index contributed by atoms with van der Waals surface area (Å²) in [5, 5.41) is 36.1. The summed E-state index contributed by atoms with van der Waals surface area (Å²) in [5.74, 6) is -5.52. The number of aliphatic hydroxyl groups excluding tert-OH is 2. The second-order valence-electron chi connectivity index (χ2n) is 13.5. The first-order valence-corrected chi connectivity index (χ1v) is 15.2. The van der Waals surface area contributed by atoms with Crippen molar-refractivity contribution in [3.05, 3.63) is 47.2 Å². The summed E-state index contributed by atoms with van der Waals surface area (Å²) in [5.41, 5.74) is -6.73. The van der Waals surface area contributed by atoms with Gasteiger partial charge in [0.15, 0.2) is 11.4 Å². The van der Waals surface area contributed by atoms with Gasteiger partial charge in [0.05, 0.1) is 35.7 Å². The van der Waals surface area contributed by atoms with E-state index >= 15 is 0 Å². The Balaban J connectivity index is 1.84. The van der Waals surface area contributed by atoms with Gasteiger partial charge in [-0.25, -0.2) is 4.79 Å². The van der Waals surface area contributed by atoms with E-state index in [2.05, 4.69) is 0 Å². The van der Waals surface area contributed by atoms with Crippen molar-refractivity contribution in [2.75, 3.05) is 6.61 Å². The summed E-state index contributed by atoms with van der Waals surface area (Å²) >= 11 is 0. The third-order valence-corrected chi connectivity index (χ3v) is 10.6. The molecule has 3 aliphatic carbocycles. The Morgan fingerprint density at radius 2 is 1.75 bits per heavy atom. The van der Waals surface area contributed by atoms with Crippen LogP contribution in [-0.4, -0.2) is 81.2 Å². The van der Waals surface area contributed by atoms with E-state index in [1.807, 2.05) is 0 Å². The quantitative estimate of drug-likeness (QED) is 0.319. The summed E-state index contributed by atoms with van der Waals surface area (Å²) < 4.78 is 23.9. The monoisotopic (exact) mass is 614 g/mol. The minimum atomic E-state index is -2.11. The molecule has 9 unspecified atom stereocenters. The van der Waals surface area contributed by atoms with E-state index in [1.165, 1.54) is 19.1 Å². The first-order chi connectivity index (χ1) is 20.6. The van der Waals surface area contributed by atoms with Gasteiger partial charge >= 0.3 is 17.9 Å². The van der Waals surface area contributed by atoms with Gasteiger partial charge in [-0.15, -0.1) is 0 Å². The van der Waals surface area contributed by atoms with Crippen molar-refractivity contribution < 1.29 is 53.4 Å². The topological polar surface area (TPSA) is 166 Å². The van der Waals surface area contributed by atoms with Crippen molar-refractivity contribution in [2.24, 2.45) is 22.7 Å². The number of hydrogen-bond donors (Lipinski definition) is 3. The van der Waals surface area contributed by atoms with Gasteiger partial charge in [-0.1, -0.05) is 45.9 Å². The SMILES string of the molecule is CCCC(=O)OC12COC1CC(O)C1(C)C(=O)C(OC(C)=O)=C3C(C)C(O)CC(O)(C(OC(=O)c4ccccc4)C21)C3(C)C. The summed E-state index contributed by atoms with van der Waals surface area (Å²) in [4.78, 5) is 54.3. The van der Waals surface area contributed by atoms with Gasteiger partial charge in [0.2, 0.25) is 5.78 Å². The molecule has 1 aliphatic heterocycles. The molecule has 0 aromatic heterocycles. The first-order valence-electron chi connectivity index (χ1n) is 15.2. The normalized spacial score (nSPS) is 39.1. The fourth-order valence-corrected chi connectivity index (χ4v) is 8.09. The molecule has 1 aromatic carbocycles. The van der Waals surface area contributed by atoms with E-state index in [0.29, 0.717) is 6.42 Å². The number of ketones is 1. The van der Waals surface area contributed by atoms with Gasteiger partial charge < -0.3 is 34.3 Å². The van der Waals surface area contributed by atoms with Crippen LogP contribution in [0.5, 0.6) is 0 Å². The molecule has 0 spiro atoms. The lowest BCUT2D eigenvalue weighted by atomic mass is 9.45. The molecule has 1 heterocycles. The third-order valence-electron chi connectivity index (χ3n) is 10.6. The van der Waals surface area contributed by atoms with Crippen molar-refractivity contribution in [1.82, 2.24) is 0 Å². The minimum absolute atomic E-state index is 0.0532. The van der Waals surface area contributed by atoms with Crippen LogP contribution in [-0.2, 0) is 33.3 Å². The lowest BCUT2D eigenvalue weighted by Crippen LogP contribution is -2.81. The average Bonchev–Trinajstić information content (AvgIpc) is 2.95. The van der Waals surface area contributed by atoms with Crippen LogP contribution in [0.25, 0.3) is 0 Å². The molecule has 4 aliphatic rings. The Bertz CT molecular complexity index is 1380. The van der Waals surface area contributed by atoms with Gasteiger partial charge in [-0.3, -0.25) is 14.4 Å². The van der Waals surface area contributed by atoms with Crippen LogP contribution in [0, 0.1) is 22.7 Å². The molecule has 0 radical (unpaired) electrons. The predicted molar refractivity (Wildman–Crippen MR) is 154 cm³/mol. The molecule has 3 N–H and O–H groups in total. The zero-order valence-corrected chi connectivity index (χ0v) is 26.0. The van der Waals surface area contributed by atoms with Crippen LogP contribution in [0.1, 0.15) is 77.6 Å². The lowest BCUT2D eigenvalue weighted by Gasteiger charge is -2.67. The van der Waals surface area contributed by atoms with Gasteiger partial charge in [0.1, 0.15) is 17.8 Å². The van der Waals surface area contributed by atoms with Gasteiger partial charge in [0, 0.05) is 37.5 Å². The molecule has 44 heavy (non-hydrogen) atoms. The Morgan fingerprint density at radius 3 is 2.32 bits per heavy atom. The van der Waals surface area contributed by atoms with Gasteiger partial charge in [0.25, 0.3) is 0 Å². The van der Waals surface area contributed by atoms with Gasteiger partial charge in [-0.05, 0) is 31.1 Å². The van der Waals surface area contributed by atoms with Crippen molar-refractivity contribution >= 4 is 23.7 Å². The zero-order valence-electron chi connectivity index (χ0n) is 26.0. The molecule has 3 fully saturated rings. The number of esters is 3. The smallest absolute Gasteiger partial charge is 0.338 e. The Hall–Kier alpha value is -3.12. The van der Waals surface area contributed by atoms with Crippen molar-refractivity contribution in [1.29, 1.82) is 0 Å². The Morgan fingerprint density at radius 1 is 1.09 bits per heavy atom. The largest absolute Gasteiger partial charge is 0.455 e. The highest BCUT2D eigenvalue weighted by molar-refractivity contribution is 6.02. The molecule has 11 heteroatoms. The number of aliphatic hydroxyl groups is 3. The molecular formula is C33H42O11. The number of hydrogen-bond acceptors (Lipinski definition) is 11. The molecule has 240 valence electrons. The Labute approximate surface area is 256 Å². The number of rotatable bonds is 6. The van der Waals surface area contributed by atoms with E-state index in [0.717, 1.165) is 6.92 Å². The number of allylic oxidation sites excluding steroid dienone is 1. The fraction of sp³-hybridized carbons (Fsp3) is 0.636. The summed E-state index contributed by atoms with van der Waals surface area (Å²) in [7, 11) is 0. The number of carbonyl (C=O) groups excluding carboxylic acids is 4. The van der Waals surface area contributed by atoms with E-state index in [4.69, 9.17) is 18.9 Å². The number of ether oxygens (including phenoxy) is 4. The third kappa shape index (κ3) is 4.54. The van der Waals surface area contributed by atoms with Crippen molar-refractivity contribution in [2.45, 2.75) is 103 Å². The molecule has 11 nitrogen and oxygen atoms in total. The summed E-state index contributed by atoms with van der Waals surface area (Å²) in [6.07, 6.45) is -5.07. The molecule has 0 amide bonds. The molecule has 5 rings (SSSR count). The number of benzene rings is 1. The predicted octanol–water partition coefficient (Wildman–Crippen LogP) is 2.64. The highest BCUT2D eigenvalue weighted by Crippen LogP contribution is 2.64. The van der Waals surface area contributed by atoms with Crippen molar-refractivity contribution in [3.63, 3.8) is 0 Å². The fourth-order valence-electron chi connectivity index (χ4n) is 8.09. The molecule has 1 saturated heterocycles. The molecule has 9 atom stereocenters. The minimum Gasteiger partial charge on any atom is -0.455 e. The summed E-state index contributed by atoms with van der Waals surface area (Å²) in [6, 6.07) is 8.09. The van der Waals surface area contributed by atoms with E-state index in [-0.39, 0.29) is 42.8 Å². The van der Waals surface area contributed by atoms with E-state index < -0.39 is 82.0 Å². The van der Waals surface area contributed by atoms with E-state index in [1.54, 1.807) is 45.9 Å². The van der Waals surface area contributed by atoms with Gasteiger partial charge in [-0.2, -0.15) is 0 Å². The Kier molecular flexibility index (Phi) is 8.10. The standard InChI is InChI=1S/C33H42O11/c1-7-11-23(37)44-32-16-41-22(32)14-21(36)31(6)26(32)28(43-29(39)19-12-9-8-10-13-19)33(40)15-20(35)17(2)24(30(33,4)5)25(27(31)38)42-18(3)34/h8-10,12-13,17,20-22,26,28,35-36,40H,7,11,14-16H2,1-6H3. The second-order valence-corrected chi connectivity index (χ2v) is 13.5. The highest BCUT2D eigenvalue weighted by atomic mass is 16.6. The van der Waals surface area contributed by atoms with E-state index in [9.17, 15) is 34.5 Å². The average molecular weight is 615 g/mol. The molecule has 2 saturated carbocycles. The lowest BCUT2D eigenvalue weighted by molar-refractivity contribution is -0.345. The molecular weight excluding hydrogens is 572 g/mol. The maximum absolute atomic E-state index is 14.9. The maximum Gasteiger partial charge on any atom is 0.338 e. The van der Waals surface area contributed by atoms with Crippen molar-refractivity contribution in [3.8, 4) is 0 Å². The zero-order chi connectivity index (χ0) is 32.4. The van der Waals surface area contributed by atoms with Crippen LogP contribution >= 0.6 is 0 Å². The number of carbonyl (C=O) groups is 4. The van der Waals surface area contributed by atoms with Crippen LogP contribution in [0.4, 0.5) is 0 Å². The first kappa shape index (κ1) is 32.3. The number of Topliss-reactive ketones (excluding diaryl/α,β-unsaturated/α-hetero) is 1. The number of fused-ring (bicyclic) bond motifs is 5. The molecule has 2 bridgehead atoms. The van der Waals surface area contributed by atoms with Crippen LogP contribution in [0.15, 0.2) is 41.7 Å². The maximum atomic E-state index is 14.9. The second kappa shape index (κ2) is 11.0. The molecule has 1 aromatic rings. The van der Waals surface area contributed by atoms with Crippen LogP contribution in [0.2, 0.25) is 0 Å². The van der Waals surface area contributed by atoms with Crippen LogP contribution < -0.4 is 0 Å². The highest BCUT2D eigenvalue weighted by Gasteiger charge is 2.77. The van der Waals surface area contributed by atoms with Crippen LogP contribution in [0.3, 0.4) is 0 Å².